The lowest BCUT2D eigenvalue weighted by Gasteiger charge is -2.39. The lowest BCUT2D eigenvalue weighted by molar-refractivity contribution is -0.121. The summed E-state index contributed by atoms with van der Waals surface area (Å²) in [6.45, 7) is 9.92. The molecule has 3 rings (SSSR count). The van der Waals surface area contributed by atoms with Crippen LogP contribution >= 0.6 is 0 Å². The van der Waals surface area contributed by atoms with Crippen LogP contribution in [0.3, 0.4) is 0 Å². The molecule has 30 heavy (non-hydrogen) atoms. The number of ether oxygens (including phenoxy) is 2. The van der Waals surface area contributed by atoms with Crippen molar-refractivity contribution in [1.29, 1.82) is 0 Å². The molecule has 2 aromatic rings. The second-order valence-electron chi connectivity index (χ2n) is 8.33. The van der Waals surface area contributed by atoms with Gasteiger partial charge in [0, 0.05) is 18.2 Å². The number of fused-ring (bicyclic) bond motifs is 1. The van der Waals surface area contributed by atoms with Crippen LogP contribution in [0.1, 0.15) is 40.2 Å². The molecule has 0 saturated carbocycles. The van der Waals surface area contributed by atoms with Crippen molar-refractivity contribution in [2.45, 2.75) is 46.8 Å². The number of carbonyl (C=O) groups excluding carboxylic acids is 1. The van der Waals surface area contributed by atoms with Gasteiger partial charge in [-0.25, -0.2) is 0 Å². The van der Waals surface area contributed by atoms with Crippen molar-refractivity contribution in [2.75, 3.05) is 24.4 Å². The summed E-state index contributed by atoms with van der Waals surface area (Å²) >= 11 is 0. The van der Waals surface area contributed by atoms with Crippen molar-refractivity contribution in [3.63, 3.8) is 0 Å². The molecular weight excluding hydrogens is 380 g/mol. The molecular formula is C24H30N2O4. The highest BCUT2D eigenvalue weighted by molar-refractivity contribution is 6.08. The summed E-state index contributed by atoms with van der Waals surface area (Å²) in [6, 6.07) is 8.91. The van der Waals surface area contributed by atoms with Crippen LogP contribution in [0.5, 0.6) is 11.5 Å². The van der Waals surface area contributed by atoms with E-state index in [1.165, 1.54) is 0 Å². The Bertz CT molecular complexity index is 1020. The third kappa shape index (κ3) is 3.82. The van der Waals surface area contributed by atoms with Crippen LogP contribution in [0.4, 0.5) is 11.4 Å². The van der Waals surface area contributed by atoms with Gasteiger partial charge in [-0.15, -0.1) is 0 Å². The third-order valence-electron chi connectivity index (χ3n) is 5.52. The Morgan fingerprint density at radius 3 is 2.47 bits per heavy atom. The molecule has 0 bridgehead atoms. The van der Waals surface area contributed by atoms with Gasteiger partial charge in [-0.1, -0.05) is 6.07 Å². The number of nitrogens with zero attached hydrogens (tertiary/aromatic N) is 1. The first kappa shape index (κ1) is 21.6. The van der Waals surface area contributed by atoms with Gasteiger partial charge in [0.2, 0.25) is 0 Å². The minimum Gasteiger partial charge on any atom is -0.508 e. The van der Waals surface area contributed by atoms with E-state index in [0.29, 0.717) is 5.75 Å². The summed E-state index contributed by atoms with van der Waals surface area (Å²) in [6.07, 6.45) is 0. The molecule has 0 saturated heterocycles. The van der Waals surface area contributed by atoms with Gasteiger partial charge < -0.3 is 24.8 Å². The minimum absolute atomic E-state index is 0.0322. The van der Waals surface area contributed by atoms with E-state index in [4.69, 9.17) is 9.47 Å². The van der Waals surface area contributed by atoms with Crippen molar-refractivity contribution < 1.29 is 19.4 Å². The zero-order valence-electron chi connectivity index (χ0n) is 18.7. The molecule has 6 heteroatoms. The number of likely N-dealkylation sites (N-methyl/N-ethyl adjacent to an activating group) is 1. The maximum atomic E-state index is 13.0. The second-order valence-corrected chi connectivity index (χ2v) is 8.33. The van der Waals surface area contributed by atoms with Gasteiger partial charge in [0.1, 0.15) is 23.6 Å². The predicted molar refractivity (Wildman–Crippen MR) is 120 cm³/mol. The average Bonchev–Trinajstić information content (AvgIpc) is 2.69. The highest BCUT2D eigenvalue weighted by atomic mass is 16.5. The van der Waals surface area contributed by atoms with Gasteiger partial charge in [0.15, 0.2) is 0 Å². The molecule has 0 spiro atoms. The SMILES string of the molecule is COc1ccc(O)cc1-c1ccc2c(c1COC(C)=C(C)C)N(C)C(=O)C(C)(C)N2. The number of methoxy groups -OCH3 is 1. The standard InChI is InChI=1S/C24H30N2O4/c1-14(2)15(3)30-13-19-17(18-12-16(27)8-11-21(18)29-7)9-10-20-22(19)26(6)23(28)24(4,5)25-20/h8-12,25,27H,13H2,1-7H3. The van der Waals surface area contributed by atoms with Gasteiger partial charge >= 0.3 is 0 Å². The lowest BCUT2D eigenvalue weighted by atomic mass is 9.91. The smallest absolute Gasteiger partial charge is 0.251 e. The molecule has 0 unspecified atom stereocenters. The van der Waals surface area contributed by atoms with Gasteiger partial charge in [-0.05, 0) is 70.0 Å². The van der Waals surface area contributed by atoms with Crippen LogP contribution in [0.2, 0.25) is 0 Å². The lowest BCUT2D eigenvalue weighted by Crippen LogP contribution is -2.52. The van der Waals surface area contributed by atoms with Crippen LogP contribution in [-0.4, -0.2) is 30.7 Å². The number of rotatable bonds is 5. The van der Waals surface area contributed by atoms with E-state index >= 15 is 0 Å². The zero-order chi connectivity index (χ0) is 22.2. The quantitative estimate of drug-likeness (QED) is 0.674. The van der Waals surface area contributed by atoms with E-state index in [1.54, 1.807) is 37.3 Å². The largest absolute Gasteiger partial charge is 0.508 e. The number of amides is 1. The van der Waals surface area contributed by atoms with Crippen LogP contribution < -0.4 is 15.0 Å². The number of hydrogen-bond acceptors (Lipinski definition) is 5. The Balaban J connectivity index is 2.25. The van der Waals surface area contributed by atoms with Crippen molar-refractivity contribution in [1.82, 2.24) is 0 Å². The van der Waals surface area contributed by atoms with Gasteiger partial charge in [-0.2, -0.15) is 0 Å². The Kier molecular flexibility index (Phi) is 5.70. The number of nitrogens with one attached hydrogen (secondary N) is 1. The normalized spacial score (nSPS) is 14.6. The van der Waals surface area contributed by atoms with Crippen molar-refractivity contribution in [2.24, 2.45) is 0 Å². The van der Waals surface area contributed by atoms with E-state index in [-0.39, 0.29) is 18.3 Å². The number of allylic oxidation sites excluding steroid dienone is 2. The molecule has 0 aromatic heterocycles. The molecule has 0 radical (unpaired) electrons. The molecule has 1 aliphatic heterocycles. The Morgan fingerprint density at radius 2 is 1.83 bits per heavy atom. The van der Waals surface area contributed by atoms with Crippen molar-refractivity contribution in [3.05, 3.63) is 47.2 Å². The fourth-order valence-electron chi connectivity index (χ4n) is 3.66. The fraction of sp³-hybridized carbons (Fsp3) is 0.375. The number of carbonyl (C=O) groups is 1. The summed E-state index contributed by atoms with van der Waals surface area (Å²) < 4.78 is 11.6. The monoisotopic (exact) mass is 410 g/mol. The van der Waals surface area contributed by atoms with Gasteiger partial charge in [0.25, 0.3) is 5.91 Å². The van der Waals surface area contributed by atoms with E-state index in [2.05, 4.69) is 5.32 Å². The van der Waals surface area contributed by atoms with Crippen LogP contribution in [0.25, 0.3) is 11.1 Å². The second kappa shape index (κ2) is 7.94. The molecule has 160 valence electrons. The maximum Gasteiger partial charge on any atom is 0.251 e. The number of phenols is 1. The first-order valence-corrected chi connectivity index (χ1v) is 9.93. The first-order chi connectivity index (χ1) is 14.1. The Morgan fingerprint density at radius 1 is 1.13 bits per heavy atom. The molecule has 2 aromatic carbocycles. The number of benzene rings is 2. The number of hydrogen-bond donors (Lipinski definition) is 2. The molecule has 0 fully saturated rings. The topological polar surface area (TPSA) is 71.0 Å². The summed E-state index contributed by atoms with van der Waals surface area (Å²) in [4.78, 5) is 14.7. The average molecular weight is 411 g/mol. The minimum atomic E-state index is -0.708. The molecule has 0 atom stereocenters. The number of phenolic OH excluding ortho intramolecular Hbond substituents is 1. The zero-order valence-corrected chi connectivity index (χ0v) is 18.7. The van der Waals surface area contributed by atoms with Crippen LogP contribution in [-0.2, 0) is 16.1 Å². The van der Waals surface area contributed by atoms with Gasteiger partial charge in [-0.3, -0.25) is 4.79 Å². The predicted octanol–water partition coefficient (Wildman–Crippen LogP) is 5.07. The highest BCUT2D eigenvalue weighted by Crippen LogP contribution is 2.45. The van der Waals surface area contributed by atoms with Crippen LogP contribution in [0.15, 0.2) is 41.7 Å². The summed E-state index contributed by atoms with van der Waals surface area (Å²) in [5, 5.41) is 13.5. The maximum absolute atomic E-state index is 13.0. The summed E-state index contributed by atoms with van der Waals surface area (Å²) in [5.74, 6) is 1.57. The molecule has 0 aliphatic carbocycles. The number of anilines is 2. The molecule has 6 nitrogen and oxygen atoms in total. The highest BCUT2D eigenvalue weighted by Gasteiger charge is 2.38. The van der Waals surface area contributed by atoms with E-state index < -0.39 is 5.54 Å². The fourth-order valence-corrected chi connectivity index (χ4v) is 3.66. The van der Waals surface area contributed by atoms with E-state index in [1.807, 2.05) is 46.8 Å². The molecule has 1 amide bonds. The Hall–Kier alpha value is -3.15. The van der Waals surface area contributed by atoms with Crippen molar-refractivity contribution >= 4 is 17.3 Å². The molecule has 2 N–H and O–H groups in total. The summed E-state index contributed by atoms with van der Waals surface area (Å²) in [5.41, 5.74) is 4.42. The first-order valence-electron chi connectivity index (χ1n) is 9.93. The summed E-state index contributed by atoms with van der Waals surface area (Å²) in [7, 11) is 3.38. The number of aromatic hydroxyl groups is 1. The van der Waals surface area contributed by atoms with E-state index in [9.17, 15) is 9.90 Å². The van der Waals surface area contributed by atoms with Gasteiger partial charge in [0.05, 0.1) is 24.2 Å². The molecule has 1 heterocycles. The van der Waals surface area contributed by atoms with Crippen LogP contribution in [0, 0.1) is 0 Å². The van der Waals surface area contributed by atoms with E-state index in [0.717, 1.165) is 39.4 Å². The third-order valence-corrected chi connectivity index (χ3v) is 5.52. The Labute approximate surface area is 178 Å². The van der Waals surface area contributed by atoms with Crippen molar-refractivity contribution in [3.8, 4) is 22.6 Å². The molecule has 1 aliphatic rings.